The van der Waals surface area contributed by atoms with Crippen LogP contribution < -0.4 is 10.6 Å². The Labute approximate surface area is 120 Å². The molecule has 106 valence electrons. The zero-order chi connectivity index (χ0) is 14.5. The van der Waals surface area contributed by atoms with Gasteiger partial charge in [0.05, 0.1) is 6.20 Å². The lowest BCUT2D eigenvalue weighted by Gasteiger charge is -2.09. The molecule has 0 bridgehead atoms. The van der Waals surface area contributed by atoms with E-state index in [9.17, 15) is 8.78 Å². The molecule has 0 aliphatic heterocycles. The third-order valence-corrected chi connectivity index (χ3v) is 2.80. The zero-order valence-electron chi connectivity index (χ0n) is 10.8. The van der Waals surface area contributed by atoms with E-state index in [1.54, 1.807) is 0 Å². The van der Waals surface area contributed by atoms with E-state index in [-0.39, 0.29) is 6.54 Å². The SMILES string of the molecule is CCNc1ncc(Cl)c(NCc2ccc(F)c(F)c2)n1. The van der Waals surface area contributed by atoms with Gasteiger partial charge in [-0.1, -0.05) is 17.7 Å². The molecule has 20 heavy (non-hydrogen) atoms. The number of nitrogens with one attached hydrogen (secondary N) is 2. The van der Waals surface area contributed by atoms with E-state index in [1.807, 2.05) is 6.92 Å². The van der Waals surface area contributed by atoms with Gasteiger partial charge in [-0.25, -0.2) is 13.8 Å². The molecule has 0 spiro atoms. The van der Waals surface area contributed by atoms with Crippen LogP contribution in [0.1, 0.15) is 12.5 Å². The number of anilines is 2. The van der Waals surface area contributed by atoms with Crippen molar-refractivity contribution < 1.29 is 8.78 Å². The van der Waals surface area contributed by atoms with Crippen LogP contribution in [0, 0.1) is 11.6 Å². The summed E-state index contributed by atoms with van der Waals surface area (Å²) in [5.41, 5.74) is 0.587. The average molecular weight is 299 g/mol. The molecule has 0 saturated carbocycles. The van der Waals surface area contributed by atoms with Gasteiger partial charge in [-0.3, -0.25) is 0 Å². The predicted octanol–water partition coefficient (Wildman–Crippen LogP) is 3.45. The molecule has 0 amide bonds. The summed E-state index contributed by atoms with van der Waals surface area (Å²) < 4.78 is 25.9. The van der Waals surface area contributed by atoms with Crippen LogP contribution in [0.5, 0.6) is 0 Å². The first-order valence-electron chi connectivity index (χ1n) is 6.04. The molecule has 2 N–H and O–H groups in total. The largest absolute Gasteiger partial charge is 0.365 e. The molecule has 0 atom stereocenters. The summed E-state index contributed by atoms with van der Waals surface area (Å²) >= 11 is 5.97. The molecular formula is C13H13ClF2N4. The van der Waals surface area contributed by atoms with E-state index in [4.69, 9.17) is 11.6 Å². The molecule has 0 aliphatic rings. The predicted molar refractivity (Wildman–Crippen MR) is 74.9 cm³/mol. The van der Waals surface area contributed by atoms with E-state index >= 15 is 0 Å². The molecule has 2 aromatic rings. The van der Waals surface area contributed by atoms with Gasteiger partial charge >= 0.3 is 0 Å². The monoisotopic (exact) mass is 298 g/mol. The van der Waals surface area contributed by atoms with Crippen molar-refractivity contribution in [3.8, 4) is 0 Å². The maximum absolute atomic E-state index is 13.1. The fraction of sp³-hybridized carbons (Fsp3) is 0.231. The van der Waals surface area contributed by atoms with Gasteiger partial charge in [0.25, 0.3) is 0 Å². The van der Waals surface area contributed by atoms with E-state index in [1.165, 1.54) is 12.3 Å². The number of hydrogen-bond acceptors (Lipinski definition) is 4. The molecule has 0 unspecified atom stereocenters. The summed E-state index contributed by atoms with van der Waals surface area (Å²) in [6.45, 7) is 2.89. The number of aromatic nitrogens is 2. The van der Waals surface area contributed by atoms with Gasteiger partial charge in [-0.15, -0.1) is 0 Å². The van der Waals surface area contributed by atoms with Gasteiger partial charge in [0.1, 0.15) is 5.02 Å². The molecule has 0 saturated heterocycles. The maximum atomic E-state index is 13.1. The summed E-state index contributed by atoms with van der Waals surface area (Å²) in [4.78, 5) is 8.19. The Morgan fingerprint density at radius 1 is 1.20 bits per heavy atom. The van der Waals surface area contributed by atoms with Gasteiger partial charge in [-0.2, -0.15) is 4.98 Å². The Balaban J connectivity index is 2.09. The fourth-order valence-corrected chi connectivity index (χ4v) is 1.73. The molecule has 1 aromatic heterocycles. The van der Waals surface area contributed by atoms with Crippen molar-refractivity contribution in [3.05, 3.63) is 46.6 Å². The highest BCUT2D eigenvalue weighted by atomic mass is 35.5. The topological polar surface area (TPSA) is 49.8 Å². The minimum Gasteiger partial charge on any atom is -0.365 e. The lowest BCUT2D eigenvalue weighted by atomic mass is 10.2. The number of benzene rings is 1. The highest BCUT2D eigenvalue weighted by Gasteiger charge is 2.06. The lowest BCUT2D eigenvalue weighted by Crippen LogP contribution is -2.07. The van der Waals surface area contributed by atoms with Gasteiger partial charge < -0.3 is 10.6 Å². The summed E-state index contributed by atoms with van der Waals surface area (Å²) in [6, 6.07) is 3.70. The highest BCUT2D eigenvalue weighted by molar-refractivity contribution is 6.32. The van der Waals surface area contributed by atoms with E-state index in [2.05, 4.69) is 20.6 Å². The molecule has 0 radical (unpaired) electrons. The van der Waals surface area contributed by atoms with E-state index < -0.39 is 11.6 Å². The minimum absolute atomic E-state index is 0.277. The first kappa shape index (κ1) is 14.5. The number of hydrogen-bond donors (Lipinski definition) is 2. The average Bonchev–Trinajstić information content (AvgIpc) is 2.43. The number of halogens is 3. The molecule has 1 aromatic carbocycles. The first-order chi connectivity index (χ1) is 9.60. The third-order valence-electron chi connectivity index (χ3n) is 2.52. The Kier molecular flexibility index (Phi) is 4.68. The molecular weight excluding hydrogens is 286 g/mol. The van der Waals surface area contributed by atoms with E-state index in [0.29, 0.717) is 28.9 Å². The molecule has 0 aliphatic carbocycles. The second-order valence-corrected chi connectivity index (χ2v) is 4.43. The van der Waals surface area contributed by atoms with Crippen LogP contribution >= 0.6 is 11.6 Å². The van der Waals surface area contributed by atoms with Crippen LogP contribution in [0.2, 0.25) is 5.02 Å². The van der Waals surface area contributed by atoms with Crippen molar-refractivity contribution in [2.24, 2.45) is 0 Å². The van der Waals surface area contributed by atoms with Crippen LogP contribution in [-0.4, -0.2) is 16.5 Å². The Bertz CT molecular complexity index is 607. The quantitative estimate of drug-likeness (QED) is 0.887. The number of rotatable bonds is 5. The summed E-state index contributed by atoms with van der Waals surface area (Å²) in [6.07, 6.45) is 1.47. The van der Waals surface area contributed by atoms with Crippen molar-refractivity contribution in [2.45, 2.75) is 13.5 Å². The smallest absolute Gasteiger partial charge is 0.224 e. The minimum atomic E-state index is -0.883. The molecule has 0 fully saturated rings. The van der Waals surface area contributed by atoms with Crippen LogP contribution in [-0.2, 0) is 6.54 Å². The van der Waals surface area contributed by atoms with Crippen molar-refractivity contribution >= 4 is 23.4 Å². The van der Waals surface area contributed by atoms with Gasteiger partial charge in [-0.05, 0) is 24.6 Å². The molecule has 1 heterocycles. The molecule has 4 nitrogen and oxygen atoms in total. The molecule has 7 heteroatoms. The molecule has 2 rings (SSSR count). The maximum Gasteiger partial charge on any atom is 0.224 e. The Morgan fingerprint density at radius 2 is 2.00 bits per heavy atom. The van der Waals surface area contributed by atoms with Crippen molar-refractivity contribution in [1.29, 1.82) is 0 Å². The van der Waals surface area contributed by atoms with Crippen molar-refractivity contribution in [2.75, 3.05) is 17.2 Å². The Morgan fingerprint density at radius 3 is 2.70 bits per heavy atom. The van der Waals surface area contributed by atoms with Gasteiger partial charge in [0.15, 0.2) is 17.5 Å². The fourth-order valence-electron chi connectivity index (χ4n) is 1.57. The third kappa shape index (κ3) is 3.54. The van der Waals surface area contributed by atoms with Gasteiger partial charge in [0, 0.05) is 13.1 Å². The van der Waals surface area contributed by atoms with Crippen LogP contribution in [0.3, 0.4) is 0 Å². The Hall–Kier alpha value is -1.95. The van der Waals surface area contributed by atoms with Crippen molar-refractivity contribution in [1.82, 2.24) is 9.97 Å². The highest BCUT2D eigenvalue weighted by Crippen LogP contribution is 2.20. The zero-order valence-corrected chi connectivity index (χ0v) is 11.5. The standard InChI is InChI=1S/C13H13ClF2N4/c1-2-17-13-19-7-9(14)12(20-13)18-6-8-3-4-10(15)11(16)5-8/h3-5,7H,2,6H2,1H3,(H2,17,18,19,20). The van der Waals surface area contributed by atoms with Crippen LogP contribution in [0.15, 0.2) is 24.4 Å². The van der Waals surface area contributed by atoms with Crippen molar-refractivity contribution in [3.63, 3.8) is 0 Å². The summed E-state index contributed by atoms with van der Waals surface area (Å²) in [5.74, 6) is -0.873. The van der Waals surface area contributed by atoms with E-state index in [0.717, 1.165) is 12.1 Å². The second kappa shape index (κ2) is 6.47. The summed E-state index contributed by atoms with van der Waals surface area (Å²) in [7, 11) is 0. The number of nitrogens with zero attached hydrogens (tertiary/aromatic N) is 2. The van der Waals surface area contributed by atoms with Gasteiger partial charge in [0.2, 0.25) is 5.95 Å². The van der Waals surface area contributed by atoms with Crippen LogP contribution in [0.25, 0.3) is 0 Å². The normalized spacial score (nSPS) is 10.4. The summed E-state index contributed by atoms with van der Waals surface area (Å²) in [5, 5.41) is 6.28. The van der Waals surface area contributed by atoms with Crippen LogP contribution in [0.4, 0.5) is 20.5 Å². The lowest BCUT2D eigenvalue weighted by molar-refractivity contribution is 0.507. The first-order valence-corrected chi connectivity index (χ1v) is 6.42. The second-order valence-electron chi connectivity index (χ2n) is 4.02.